The second-order valence-corrected chi connectivity index (χ2v) is 8.17. The lowest BCUT2D eigenvalue weighted by molar-refractivity contribution is -0.137. The zero-order chi connectivity index (χ0) is 24.0. The molecular formula is C25H30N2O6. The molecule has 1 fully saturated rings. The summed E-state index contributed by atoms with van der Waals surface area (Å²) in [6.07, 6.45) is -0.469. The van der Waals surface area contributed by atoms with Crippen LogP contribution in [0.25, 0.3) is 0 Å². The van der Waals surface area contributed by atoms with E-state index in [9.17, 15) is 14.4 Å². The van der Waals surface area contributed by atoms with E-state index >= 15 is 0 Å². The summed E-state index contributed by atoms with van der Waals surface area (Å²) in [6.45, 7) is 4.34. The van der Waals surface area contributed by atoms with Crippen molar-refractivity contribution in [1.29, 1.82) is 0 Å². The van der Waals surface area contributed by atoms with Crippen molar-refractivity contribution in [3.05, 3.63) is 59.7 Å². The number of hydrogen-bond donors (Lipinski definition) is 0. The fourth-order valence-electron chi connectivity index (χ4n) is 3.72. The summed E-state index contributed by atoms with van der Waals surface area (Å²) in [6, 6.07) is 13.7. The number of amides is 2. The molecular weight excluding hydrogens is 424 g/mol. The van der Waals surface area contributed by atoms with Gasteiger partial charge in [0.1, 0.15) is 18.0 Å². The highest BCUT2D eigenvalue weighted by atomic mass is 16.5. The monoisotopic (exact) mass is 454 g/mol. The molecule has 2 aromatic rings. The average molecular weight is 455 g/mol. The third-order valence-corrected chi connectivity index (χ3v) is 5.51. The van der Waals surface area contributed by atoms with E-state index in [2.05, 4.69) is 0 Å². The van der Waals surface area contributed by atoms with Crippen LogP contribution in [0.2, 0.25) is 0 Å². The summed E-state index contributed by atoms with van der Waals surface area (Å²) < 4.78 is 16.8. The molecule has 2 amide bonds. The molecule has 0 N–H and O–H groups in total. The van der Waals surface area contributed by atoms with Crippen molar-refractivity contribution in [1.82, 2.24) is 9.80 Å². The molecule has 1 unspecified atom stereocenters. The van der Waals surface area contributed by atoms with E-state index in [0.29, 0.717) is 23.6 Å². The largest absolute Gasteiger partial charge is 0.497 e. The average Bonchev–Trinajstić information content (AvgIpc) is 3.00. The summed E-state index contributed by atoms with van der Waals surface area (Å²) in [4.78, 5) is 41.5. The Morgan fingerprint density at radius 1 is 1.00 bits per heavy atom. The number of ether oxygens (including phenoxy) is 3. The Balaban J connectivity index is 1.79. The molecule has 0 aliphatic carbocycles. The van der Waals surface area contributed by atoms with Crippen LogP contribution in [0.15, 0.2) is 48.5 Å². The van der Waals surface area contributed by atoms with Crippen LogP contribution in [0.4, 0.5) is 0 Å². The highest BCUT2D eigenvalue weighted by Crippen LogP contribution is 2.24. The first-order valence-electron chi connectivity index (χ1n) is 10.8. The second-order valence-electron chi connectivity index (χ2n) is 8.17. The van der Waals surface area contributed by atoms with E-state index in [4.69, 9.17) is 14.2 Å². The lowest BCUT2D eigenvalue weighted by Gasteiger charge is -2.27. The number of rotatable bonds is 8. The Bertz CT molecular complexity index is 969. The molecule has 0 saturated carbocycles. The van der Waals surface area contributed by atoms with Crippen LogP contribution < -0.4 is 9.47 Å². The van der Waals surface area contributed by atoms with Crippen LogP contribution in [0.3, 0.4) is 0 Å². The third-order valence-electron chi connectivity index (χ3n) is 5.51. The minimum Gasteiger partial charge on any atom is -0.497 e. The fourth-order valence-corrected chi connectivity index (χ4v) is 3.72. The Kier molecular flexibility index (Phi) is 8.06. The van der Waals surface area contributed by atoms with Gasteiger partial charge in [0, 0.05) is 30.8 Å². The van der Waals surface area contributed by atoms with Gasteiger partial charge in [-0.3, -0.25) is 14.4 Å². The van der Waals surface area contributed by atoms with E-state index in [1.165, 1.54) is 4.90 Å². The van der Waals surface area contributed by atoms with Crippen LogP contribution in [0.1, 0.15) is 29.8 Å². The van der Waals surface area contributed by atoms with Gasteiger partial charge in [-0.05, 0) is 31.5 Å². The third kappa shape index (κ3) is 6.10. The number of nitrogens with zero attached hydrogens (tertiary/aromatic N) is 2. The van der Waals surface area contributed by atoms with E-state index in [0.717, 1.165) is 5.56 Å². The zero-order valence-corrected chi connectivity index (χ0v) is 19.4. The maximum absolute atomic E-state index is 13.0. The number of Topliss-reactive ketones (excluding diaryl/α,β-unsaturated/α-hetero) is 1. The summed E-state index contributed by atoms with van der Waals surface area (Å²) in [7, 11) is 3.15. The molecule has 3 rings (SSSR count). The van der Waals surface area contributed by atoms with Crippen molar-refractivity contribution in [2.24, 2.45) is 0 Å². The quantitative estimate of drug-likeness (QED) is 0.450. The molecule has 1 aliphatic heterocycles. The van der Waals surface area contributed by atoms with Crippen molar-refractivity contribution in [3.63, 3.8) is 0 Å². The predicted molar refractivity (Wildman–Crippen MR) is 122 cm³/mol. The highest BCUT2D eigenvalue weighted by Gasteiger charge is 2.34. The maximum Gasteiger partial charge on any atom is 0.295 e. The van der Waals surface area contributed by atoms with Gasteiger partial charge < -0.3 is 24.0 Å². The molecule has 8 nitrogen and oxygen atoms in total. The normalized spacial score (nSPS) is 16.5. The van der Waals surface area contributed by atoms with Crippen LogP contribution in [0, 0.1) is 0 Å². The van der Waals surface area contributed by atoms with Crippen molar-refractivity contribution in [2.45, 2.75) is 32.6 Å². The predicted octanol–water partition coefficient (Wildman–Crippen LogP) is 2.55. The number of carbonyl (C=O) groups is 3. The number of ketones is 1. The lowest BCUT2D eigenvalue weighted by atomic mass is 10.1. The molecule has 1 saturated heterocycles. The van der Waals surface area contributed by atoms with Crippen molar-refractivity contribution in [2.75, 3.05) is 33.9 Å². The first kappa shape index (κ1) is 24.3. The summed E-state index contributed by atoms with van der Waals surface area (Å²) >= 11 is 0. The number of methoxy groups -OCH3 is 2. The molecule has 0 spiro atoms. The first-order valence-corrected chi connectivity index (χ1v) is 10.8. The second kappa shape index (κ2) is 11.0. The van der Waals surface area contributed by atoms with Crippen LogP contribution >= 0.6 is 0 Å². The standard InChI is InChI=1S/C25H30N2O6/c1-17(2)27-14-22(33-16-18-10-20(31-3)12-21(11-18)32-4)13-26(15-23(27)28)25(30)24(29)19-8-6-5-7-9-19/h5-12,17,22H,13-16H2,1-4H3. The fraction of sp³-hybridized carbons (Fsp3) is 0.400. The van der Waals surface area contributed by atoms with Gasteiger partial charge in [-0.25, -0.2) is 0 Å². The lowest BCUT2D eigenvalue weighted by Crippen LogP contribution is -2.44. The smallest absolute Gasteiger partial charge is 0.295 e. The molecule has 1 atom stereocenters. The van der Waals surface area contributed by atoms with Crippen molar-refractivity contribution >= 4 is 17.6 Å². The van der Waals surface area contributed by atoms with Gasteiger partial charge in [0.05, 0.1) is 26.9 Å². The molecule has 0 radical (unpaired) electrons. The van der Waals surface area contributed by atoms with Crippen LogP contribution in [-0.2, 0) is 20.9 Å². The topological polar surface area (TPSA) is 85.4 Å². The Morgan fingerprint density at radius 2 is 1.64 bits per heavy atom. The minimum absolute atomic E-state index is 0.0691. The zero-order valence-electron chi connectivity index (χ0n) is 19.4. The van der Waals surface area contributed by atoms with Gasteiger partial charge >= 0.3 is 0 Å². The highest BCUT2D eigenvalue weighted by molar-refractivity contribution is 6.42. The molecule has 1 heterocycles. The SMILES string of the molecule is COc1cc(COC2CN(C(=O)C(=O)c3ccccc3)CC(=O)N(C(C)C)C2)cc(OC)c1. The Morgan fingerprint density at radius 3 is 2.21 bits per heavy atom. The van der Waals surface area contributed by atoms with Gasteiger partial charge in [-0.1, -0.05) is 30.3 Å². The summed E-state index contributed by atoms with van der Waals surface area (Å²) in [5.41, 5.74) is 1.12. The van der Waals surface area contributed by atoms with E-state index in [-0.39, 0.29) is 31.6 Å². The van der Waals surface area contributed by atoms with Gasteiger partial charge in [-0.2, -0.15) is 0 Å². The van der Waals surface area contributed by atoms with Gasteiger partial charge in [0.2, 0.25) is 11.7 Å². The molecule has 1 aliphatic rings. The van der Waals surface area contributed by atoms with E-state index in [1.807, 2.05) is 26.0 Å². The Hall–Kier alpha value is -3.39. The van der Waals surface area contributed by atoms with Crippen molar-refractivity contribution < 1.29 is 28.6 Å². The van der Waals surface area contributed by atoms with Gasteiger partial charge in [-0.15, -0.1) is 0 Å². The molecule has 176 valence electrons. The Labute approximate surface area is 194 Å². The van der Waals surface area contributed by atoms with Crippen LogP contribution in [-0.4, -0.2) is 73.4 Å². The molecule has 2 aromatic carbocycles. The first-order chi connectivity index (χ1) is 15.8. The van der Waals surface area contributed by atoms with E-state index < -0.39 is 17.8 Å². The number of hydrogen-bond acceptors (Lipinski definition) is 6. The van der Waals surface area contributed by atoms with Crippen LogP contribution in [0.5, 0.6) is 11.5 Å². The molecule has 0 aromatic heterocycles. The van der Waals surface area contributed by atoms with E-state index in [1.54, 1.807) is 55.5 Å². The number of benzene rings is 2. The summed E-state index contributed by atoms with van der Waals surface area (Å²) in [5, 5.41) is 0. The van der Waals surface area contributed by atoms with Gasteiger partial charge in [0.15, 0.2) is 0 Å². The molecule has 8 heteroatoms. The minimum atomic E-state index is -0.711. The molecule has 0 bridgehead atoms. The summed E-state index contributed by atoms with van der Waals surface area (Å²) in [5.74, 6) is -0.293. The molecule has 33 heavy (non-hydrogen) atoms. The van der Waals surface area contributed by atoms with Gasteiger partial charge in [0.25, 0.3) is 5.91 Å². The number of carbonyl (C=O) groups excluding carboxylic acids is 3. The van der Waals surface area contributed by atoms with Crippen molar-refractivity contribution in [3.8, 4) is 11.5 Å². The maximum atomic E-state index is 13.0.